The average Bonchev–Trinajstić information content (AvgIpc) is 3.21. The van der Waals surface area contributed by atoms with E-state index in [1.165, 1.54) is 16.7 Å². The lowest BCUT2D eigenvalue weighted by Gasteiger charge is -2.16. The monoisotopic (exact) mass is 363 g/mol. The summed E-state index contributed by atoms with van der Waals surface area (Å²) in [6.45, 7) is 4.89. The molecule has 4 heteroatoms. The molecule has 0 amide bonds. The van der Waals surface area contributed by atoms with Crippen molar-refractivity contribution in [2.45, 2.75) is 45.6 Å². The molecule has 142 valence electrons. The van der Waals surface area contributed by atoms with Crippen molar-refractivity contribution < 1.29 is 4.74 Å². The van der Waals surface area contributed by atoms with Crippen molar-refractivity contribution in [3.05, 3.63) is 83.4 Å². The lowest BCUT2D eigenvalue weighted by atomic mass is 10.1. The Morgan fingerprint density at radius 3 is 2.22 bits per heavy atom. The van der Waals surface area contributed by atoms with Crippen molar-refractivity contribution in [1.82, 2.24) is 10.6 Å². The van der Waals surface area contributed by atoms with Crippen LogP contribution < -0.4 is 10.6 Å². The molecule has 2 aromatic carbocycles. The van der Waals surface area contributed by atoms with Crippen LogP contribution in [0, 0.1) is 0 Å². The first kappa shape index (κ1) is 19.2. The molecule has 0 heterocycles. The van der Waals surface area contributed by atoms with Gasteiger partial charge in [0.2, 0.25) is 0 Å². The molecule has 1 aliphatic rings. The minimum atomic E-state index is 0.465. The fraction of sp³-hybridized carbons (Fsp3) is 0.348. The van der Waals surface area contributed by atoms with E-state index in [1.807, 2.05) is 18.2 Å². The Kier molecular flexibility index (Phi) is 7.48. The van der Waals surface area contributed by atoms with Gasteiger partial charge in [0.1, 0.15) is 0 Å². The van der Waals surface area contributed by atoms with E-state index in [9.17, 15) is 0 Å². The molecule has 27 heavy (non-hydrogen) atoms. The van der Waals surface area contributed by atoms with E-state index in [1.54, 1.807) is 0 Å². The molecule has 0 bridgehead atoms. The Morgan fingerprint density at radius 1 is 0.926 bits per heavy atom. The molecule has 0 radical (unpaired) electrons. The van der Waals surface area contributed by atoms with Gasteiger partial charge < -0.3 is 15.4 Å². The quantitative estimate of drug-likeness (QED) is 0.420. The second-order valence-electron chi connectivity index (χ2n) is 6.77. The highest BCUT2D eigenvalue weighted by Crippen LogP contribution is 2.10. The van der Waals surface area contributed by atoms with E-state index in [4.69, 9.17) is 9.73 Å². The van der Waals surface area contributed by atoms with E-state index in [0.717, 1.165) is 25.3 Å². The van der Waals surface area contributed by atoms with Crippen molar-refractivity contribution in [2.75, 3.05) is 6.54 Å². The first-order chi connectivity index (χ1) is 13.3. The molecule has 0 saturated carbocycles. The van der Waals surface area contributed by atoms with Crippen LogP contribution >= 0.6 is 0 Å². The van der Waals surface area contributed by atoms with Crippen molar-refractivity contribution >= 4 is 5.96 Å². The molecular weight excluding hydrogens is 334 g/mol. The fourth-order valence-electron chi connectivity index (χ4n) is 3.02. The summed E-state index contributed by atoms with van der Waals surface area (Å²) in [6, 6.07) is 19.2. The van der Waals surface area contributed by atoms with E-state index in [-0.39, 0.29) is 0 Å². The van der Waals surface area contributed by atoms with Gasteiger partial charge in [-0.25, -0.2) is 4.99 Å². The molecule has 1 aliphatic carbocycles. The molecule has 0 aliphatic heterocycles. The first-order valence-corrected chi connectivity index (χ1v) is 9.73. The van der Waals surface area contributed by atoms with E-state index in [0.29, 0.717) is 25.8 Å². The van der Waals surface area contributed by atoms with Crippen LogP contribution in [0.4, 0.5) is 0 Å². The van der Waals surface area contributed by atoms with Crippen LogP contribution in [0.2, 0.25) is 0 Å². The number of nitrogens with one attached hydrogen (secondary N) is 2. The maximum atomic E-state index is 5.80. The summed E-state index contributed by atoms with van der Waals surface area (Å²) in [4.78, 5) is 4.71. The predicted molar refractivity (Wildman–Crippen MR) is 111 cm³/mol. The predicted octanol–water partition coefficient (Wildman–Crippen LogP) is 4.18. The Bertz CT molecular complexity index is 730. The van der Waals surface area contributed by atoms with Gasteiger partial charge in [-0.3, -0.25) is 0 Å². The normalized spacial score (nSPS) is 14.5. The summed E-state index contributed by atoms with van der Waals surface area (Å²) in [5, 5.41) is 6.82. The Balaban J connectivity index is 1.47. The molecule has 2 aromatic rings. The molecule has 0 atom stereocenters. The van der Waals surface area contributed by atoms with Crippen molar-refractivity contribution in [3.63, 3.8) is 0 Å². The minimum Gasteiger partial charge on any atom is -0.372 e. The van der Waals surface area contributed by atoms with Crippen molar-refractivity contribution in [2.24, 2.45) is 4.99 Å². The molecule has 0 spiro atoms. The standard InChI is InChI=1S/C23H29N3O/c1-2-24-23(26-22-10-6-7-11-22)25-16-19-12-14-21(15-13-19)18-27-17-20-8-4-3-5-9-20/h3-9,12-15,22H,2,10-11,16-18H2,1H3,(H2,24,25,26). The summed E-state index contributed by atoms with van der Waals surface area (Å²) in [5.41, 5.74) is 3.58. The third-order valence-corrected chi connectivity index (χ3v) is 4.52. The zero-order valence-corrected chi connectivity index (χ0v) is 16.0. The molecule has 0 aromatic heterocycles. The van der Waals surface area contributed by atoms with Crippen LogP contribution in [0.15, 0.2) is 71.7 Å². The van der Waals surface area contributed by atoms with Crippen LogP contribution in [0.25, 0.3) is 0 Å². The van der Waals surface area contributed by atoms with Gasteiger partial charge in [0.25, 0.3) is 0 Å². The van der Waals surface area contributed by atoms with Gasteiger partial charge in [-0.2, -0.15) is 0 Å². The molecule has 0 unspecified atom stereocenters. The second-order valence-corrected chi connectivity index (χ2v) is 6.77. The van der Waals surface area contributed by atoms with Crippen LogP contribution in [0.3, 0.4) is 0 Å². The topological polar surface area (TPSA) is 45.7 Å². The highest BCUT2D eigenvalue weighted by atomic mass is 16.5. The van der Waals surface area contributed by atoms with E-state index in [2.05, 4.69) is 66.1 Å². The number of rotatable bonds is 8. The van der Waals surface area contributed by atoms with Crippen molar-refractivity contribution in [3.8, 4) is 0 Å². The summed E-state index contributed by atoms with van der Waals surface area (Å²) < 4.78 is 5.80. The Hall–Kier alpha value is -2.59. The third-order valence-electron chi connectivity index (χ3n) is 4.52. The number of ether oxygens (including phenoxy) is 1. The minimum absolute atomic E-state index is 0.465. The molecule has 4 nitrogen and oxygen atoms in total. The molecule has 2 N–H and O–H groups in total. The van der Waals surface area contributed by atoms with E-state index >= 15 is 0 Å². The lowest BCUT2D eigenvalue weighted by molar-refractivity contribution is 0.107. The maximum Gasteiger partial charge on any atom is 0.191 e. The highest BCUT2D eigenvalue weighted by Gasteiger charge is 2.11. The number of hydrogen-bond donors (Lipinski definition) is 2. The number of nitrogens with zero attached hydrogens (tertiary/aromatic N) is 1. The van der Waals surface area contributed by atoms with Crippen molar-refractivity contribution in [1.29, 1.82) is 0 Å². The van der Waals surface area contributed by atoms with Gasteiger partial charge in [0.15, 0.2) is 5.96 Å². The van der Waals surface area contributed by atoms with E-state index < -0.39 is 0 Å². The van der Waals surface area contributed by atoms with Crippen LogP contribution in [-0.4, -0.2) is 18.5 Å². The molecule has 3 rings (SSSR count). The third kappa shape index (κ3) is 6.57. The highest BCUT2D eigenvalue weighted by molar-refractivity contribution is 5.80. The Labute approximate surface area is 162 Å². The van der Waals surface area contributed by atoms with Crippen LogP contribution in [-0.2, 0) is 24.5 Å². The zero-order valence-electron chi connectivity index (χ0n) is 16.0. The first-order valence-electron chi connectivity index (χ1n) is 9.73. The average molecular weight is 364 g/mol. The summed E-state index contributed by atoms with van der Waals surface area (Å²) >= 11 is 0. The number of benzene rings is 2. The summed E-state index contributed by atoms with van der Waals surface area (Å²) in [6.07, 6.45) is 6.59. The molecule has 0 fully saturated rings. The number of aliphatic imine (C=N–C) groups is 1. The molecule has 0 saturated heterocycles. The largest absolute Gasteiger partial charge is 0.372 e. The SMILES string of the molecule is CCNC(=NCc1ccc(COCc2ccccc2)cc1)NC1CC=CC1. The van der Waals surface area contributed by atoms with Gasteiger partial charge in [0.05, 0.1) is 19.8 Å². The zero-order chi connectivity index (χ0) is 18.7. The van der Waals surface area contributed by atoms with Gasteiger partial charge >= 0.3 is 0 Å². The second kappa shape index (κ2) is 10.5. The molecular formula is C23H29N3O. The lowest BCUT2D eigenvalue weighted by Crippen LogP contribution is -2.42. The van der Waals surface area contributed by atoms with Crippen LogP contribution in [0.1, 0.15) is 36.5 Å². The van der Waals surface area contributed by atoms with Gasteiger partial charge in [-0.15, -0.1) is 0 Å². The summed E-state index contributed by atoms with van der Waals surface area (Å²) in [5.74, 6) is 0.890. The van der Waals surface area contributed by atoms with Gasteiger partial charge in [0, 0.05) is 12.6 Å². The number of hydrogen-bond acceptors (Lipinski definition) is 2. The van der Waals surface area contributed by atoms with Gasteiger partial charge in [-0.05, 0) is 36.5 Å². The van der Waals surface area contributed by atoms with Crippen LogP contribution in [0.5, 0.6) is 0 Å². The number of guanidine groups is 1. The Morgan fingerprint density at radius 2 is 1.56 bits per heavy atom. The fourth-order valence-corrected chi connectivity index (χ4v) is 3.02. The van der Waals surface area contributed by atoms with Gasteiger partial charge in [-0.1, -0.05) is 66.7 Å². The maximum absolute atomic E-state index is 5.80. The summed E-state index contributed by atoms with van der Waals surface area (Å²) in [7, 11) is 0. The smallest absolute Gasteiger partial charge is 0.191 e.